The van der Waals surface area contributed by atoms with Crippen LogP contribution in [0.5, 0.6) is 0 Å². The zero-order chi connectivity index (χ0) is 15.3. The fourth-order valence-electron chi connectivity index (χ4n) is 1.72. The first kappa shape index (κ1) is 20.5. The van der Waals surface area contributed by atoms with E-state index < -0.39 is 5.60 Å². The van der Waals surface area contributed by atoms with Crippen molar-refractivity contribution < 1.29 is 14.6 Å². The van der Waals surface area contributed by atoms with Crippen molar-refractivity contribution in [3.05, 3.63) is 0 Å². The average molecular weight is 275 g/mol. The molecule has 4 nitrogen and oxygen atoms in total. The molecule has 1 aliphatic rings. The lowest BCUT2D eigenvalue weighted by Crippen LogP contribution is -2.39. The van der Waals surface area contributed by atoms with Crippen LogP contribution in [-0.2, 0) is 4.74 Å². The van der Waals surface area contributed by atoms with Crippen molar-refractivity contribution in [2.24, 2.45) is 0 Å². The minimum absolute atomic E-state index is 0.250. The summed E-state index contributed by atoms with van der Waals surface area (Å²) in [4.78, 5) is 11.4. The lowest BCUT2D eigenvalue weighted by atomic mass is 9.96. The lowest BCUT2D eigenvalue weighted by molar-refractivity contribution is 0.0493. The Bertz CT molecular complexity index is 206. The summed E-state index contributed by atoms with van der Waals surface area (Å²) in [5.41, 5.74) is -0.390. The fourth-order valence-corrected chi connectivity index (χ4v) is 1.72. The van der Waals surface area contributed by atoms with E-state index in [9.17, 15) is 4.79 Å². The van der Waals surface area contributed by atoms with Gasteiger partial charge in [0.1, 0.15) is 5.60 Å². The topological polar surface area (TPSA) is 58.6 Å². The number of nitrogens with one attached hydrogen (secondary N) is 1. The van der Waals surface area contributed by atoms with Crippen LogP contribution in [-0.4, -0.2) is 29.4 Å². The number of carbonyl (C=O) groups is 1. The quantitative estimate of drug-likeness (QED) is 0.763. The van der Waals surface area contributed by atoms with Crippen LogP contribution in [0.1, 0.15) is 73.6 Å². The molecule has 1 rings (SSSR count). The molecule has 2 N–H and O–H groups in total. The van der Waals surface area contributed by atoms with E-state index in [-0.39, 0.29) is 12.7 Å². The number of amides is 1. The Morgan fingerprint density at radius 1 is 1.21 bits per heavy atom. The molecule has 0 aromatic rings. The molecule has 0 bridgehead atoms. The fraction of sp³-hybridized carbons (Fsp3) is 0.933. The van der Waals surface area contributed by atoms with Gasteiger partial charge < -0.3 is 15.2 Å². The second kappa shape index (κ2) is 12.3. The number of hydrogen-bond acceptors (Lipinski definition) is 3. The Labute approximate surface area is 118 Å². The van der Waals surface area contributed by atoms with Gasteiger partial charge in [-0.25, -0.2) is 4.79 Å². The summed E-state index contributed by atoms with van der Waals surface area (Å²) in [5, 5.41) is 10.5. The van der Waals surface area contributed by atoms with Crippen LogP contribution in [0.3, 0.4) is 0 Å². The van der Waals surface area contributed by atoms with Gasteiger partial charge in [-0.15, -0.1) is 0 Å². The maximum Gasteiger partial charge on any atom is 0.407 e. The first-order chi connectivity index (χ1) is 8.89. The standard InChI is InChI=1S/C11H21NO2.C2H6O.C2H6/c1-11(2,3)14-10(13)12-9-7-5-4-6-8-9;1-2-3;1-2/h9H,4-8H2,1-3H3,(H,12,13);3H,2H2,1H3;1-2H3. The second-order valence-electron chi connectivity index (χ2n) is 5.30. The van der Waals surface area contributed by atoms with Crippen LogP contribution in [0.2, 0.25) is 0 Å². The van der Waals surface area contributed by atoms with Crippen molar-refractivity contribution >= 4 is 6.09 Å². The normalized spacial score (nSPS) is 15.3. The Balaban J connectivity index is 0. The number of carbonyl (C=O) groups excluding carboxylic acids is 1. The molecule has 0 aromatic heterocycles. The van der Waals surface area contributed by atoms with Gasteiger partial charge in [-0.3, -0.25) is 0 Å². The first-order valence-corrected chi connectivity index (χ1v) is 7.49. The summed E-state index contributed by atoms with van der Waals surface area (Å²) in [7, 11) is 0. The number of rotatable bonds is 1. The number of aliphatic hydroxyl groups is 1. The Morgan fingerprint density at radius 3 is 2.00 bits per heavy atom. The molecule has 4 heteroatoms. The number of ether oxygens (including phenoxy) is 1. The molecule has 116 valence electrons. The molecule has 1 fully saturated rings. The van der Waals surface area contributed by atoms with Gasteiger partial charge in [0.15, 0.2) is 0 Å². The van der Waals surface area contributed by atoms with Gasteiger partial charge in [0.05, 0.1) is 0 Å². The zero-order valence-electron chi connectivity index (χ0n) is 13.6. The summed E-state index contributed by atoms with van der Waals surface area (Å²) >= 11 is 0. The Hall–Kier alpha value is -0.770. The van der Waals surface area contributed by atoms with Crippen LogP contribution >= 0.6 is 0 Å². The monoisotopic (exact) mass is 275 g/mol. The Morgan fingerprint density at radius 2 is 1.63 bits per heavy atom. The predicted octanol–water partition coefficient (Wildman–Crippen LogP) is 3.87. The van der Waals surface area contributed by atoms with E-state index in [0.717, 1.165) is 12.8 Å². The van der Waals surface area contributed by atoms with Gasteiger partial charge in [-0.05, 0) is 40.5 Å². The van der Waals surface area contributed by atoms with Gasteiger partial charge >= 0.3 is 6.09 Å². The highest BCUT2D eigenvalue weighted by Gasteiger charge is 2.20. The van der Waals surface area contributed by atoms with Crippen molar-refractivity contribution in [1.29, 1.82) is 0 Å². The van der Waals surface area contributed by atoms with Crippen molar-refractivity contribution in [1.82, 2.24) is 5.32 Å². The van der Waals surface area contributed by atoms with Crippen molar-refractivity contribution in [3.8, 4) is 0 Å². The van der Waals surface area contributed by atoms with Crippen LogP contribution in [0.4, 0.5) is 4.79 Å². The summed E-state index contributed by atoms with van der Waals surface area (Å²) in [6.07, 6.45) is 5.66. The minimum Gasteiger partial charge on any atom is -0.444 e. The SMILES string of the molecule is CC.CC(C)(C)OC(=O)NC1CCCCC1.CCO. The number of hydrogen-bond donors (Lipinski definition) is 2. The third kappa shape index (κ3) is 15.2. The average Bonchev–Trinajstić information content (AvgIpc) is 2.31. The van der Waals surface area contributed by atoms with Crippen molar-refractivity contribution in [3.63, 3.8) is 0 Å². The highest BCUT2D eigenvalue weighted by molar-refractivity contribution is 5.68. The van der Waals surface area contributed by atoms with Gasteiger partial charge in [0.2, 0.25) is 0 Å². The van der Waals surface area contributed by atoms with E-state index in [2.05, 4.69) is 5.32 Å². The number of alkyl carbamates (subject to hydrolysis) is 1. The van der Waals surface area contributed by atoms with Gasteiger partial charge in [-0.1, -0.05) is 33.1 Å². The molecule has 0 atom stereocenters. The van der Waals surface area contributed by atoms with E-state index in [1.807, 2.05) is 34.6 Å². The summed E-state index contributed by atoms with van der Waals surface area (Å²) in [6, 6.07) is 0.332. The molecule has 0 unspecified atom stereocenters. The van der Waals surface area contributed by atoms with E-state index in [1.165, 1.54) is 19.3 Å². The zero-order valence-corrected chi connectivity index (χ0v) is 13.6. The van der Waals surface area contributed by atoms with Crippen LogP contribution < -0.4 is 5.32 Å². The molecule has 0 spiro atoms. The maximum absolute atomic E-state index is 11.4. The van der Waals surface area contributed by atoms with Crippen LogP contribution in [0.15, 0.2) is 0 Å². The molecule has 0 heterocycles. The first-order valence-electron chi connectivity index (χ1n) is 7.49. The third-order valence-corrected chi connectivity index (χ3v) is 2.33. The maximum atomic E-state index is 11.4. The second-order valence-corrected chi connectivity index (χ2v) is 5.30. The van der Waals surface area contributed by atoms with Crippen LogP contribution in [0, 0.1) is 0 Å². The van der Waals surface area contributed by atoms with E-state index in [1.54, 1.807) is 6.92 Å². The highest BCUT2D eigenvalue weighted by atomic mass is 16.6. The smallest absolute Gasteiger partial charge is 0.407 e. The van der Waals surface area contributed by atoms with E-state index in [4.69, 9.17) is 9.84 Å². The third-order valence-electron chi connectivity index (χ3n) is 2.33. The van der Waals surface area contributed by atoms with Gasteiger partial charge in [0.25, 0.3) is 0 Å². The van der Waals surface area contributed by atoms with Crippen molar-refractivity contribution in [2.75, 3.05) is 6.61 Å². The molecule has 1 saturated carbocycles. The molecular weight excluding hydrogens is 242 g/mol. The van der Waals surface area contributed by atoms with Gasteiger partial charge in [0, 0.05) is 12.6 Å². The molecule has 0 aliphatic heterocycles. The minimum atomic E-state index is -0.390. The summed E-state index contributed by atoms with van der Waals surface area (Å²) < 4.78 is 5.19. The van der Waals surface area contributed by atoms with E-state index >= 15 is 0 Å². The molecular formula is C15H33NO3. The Kier molecular flexibility index (Phi) is 13.3. The summed E-state index contributed by atoms with van der Waals surface area (Å²) in [6.45, 7) is 11.6. The highest BCUT2D eigenvalue weighted by Crippen LogP contribution is 2.18. The molecule has 0 aromatic carbocycles. The molecule has 1 aliphatic carbocycles. The summed E-state index contributed by atoms with van der Waals surface area (Å²) in [5.74, 6) is 0. The number of aliphatic hydroxyl groups excluding tert-OH is 1. The van der Waals surface area contributed by atoms with Gasteiger partial charge in [-0.2, -0.15) is 0 Å². The molecule has 19 heavy (non-hydrogen) atoms. The lowest BCUT2D eigenvalue weighted by Gasteiger charge is -2.25. The molecule has 0 radical (unpaired) electrons. The van der Waals surface area contributed by atoms with Crippen LogP contribution in [0.25, 0.3) is 0 Å². The van der Waals surface area contributed by atoms with E-state index in [0.29, 0.717) is 6.04 Å². The molecule has 0 saturated heterocycles. The van der Waals surface area contributed by atoms with Crippen molar-refractivity contribution in [2.45, 2.75) is 85.3 Å². The molecule has 1 amide bonds. The predicted molar refractivity (Wildman–Crippen MR) is 80.4 cm³/mol. The largest absolute Gasteiger partial charge is 0.444 e.